The molecule has 31 heavy (non-hydrogen) atoms. The summed E-state index contributed by atoms with van der Waals surface area (Å²) in [5.41, 5.74) is 0.989. The molecule has 170 valence electrons. The number of carbonyl (C=O) groups excluding carboxylic acids is 2. The number of fused-ring (bicyclic) bond motifs is 2. The van der Waals surface area contributed by atoms with Crippen molar-refractivity contribution in [3.63, 3.8) is 0 Å². The van der Waals surface area contributed by atoms with Gasteiger partial charge >= 0.3 is 0 Å². The molecule has 1 heterocycles. The summed E-state index contributed by atoms with van der Waals surface area (Å²) in [7, 11) is 1.79. The van der Waals surface area contributed by atoms with Crippen LogP contribution in [0.3, 0.4) is 0 Å². The van der Waals surface area contributed by atoms with E-state index in [9.17, 15) is 14.7 Å². The van der Waals surface area contributed by atoms with Gasteiger partial charge in [0, 0.05) is 36.2 Å². The summed E-state index contributed by atoms with van der Waals surface area (Å²) in [5, 5.41) is 15.2. The van der Waals surface area contributed by atoms with Crippen LogP contribution < -0.4 is 5.32 Å². The number of nitrogens with one attached hydrogen (secondary N) is 1. The molecule has 1 aromatic rings. The number of rotatable bonds is 6. The zero-order valence-electron chi connectivity index (χ0n) is 19.1. The predicted molar refractivity (Wildman–Crippen MR) is 123 cm³/mol. The maximum Gasteiger partial charge on any atom is 0.229 e. The van der Waals surface area contributed by atoms with Crippen molar-refractivity contribution in [1.29, 1.82) is 0 Å². The minimum Gasteiger partial charge on any atom is -0.392 e. The van der Waals surface area contributed by atoms with E-state index in [1.807, 2.05) is 6.92 Å². The van der Waals surface area contributed by atoms with Crippen molar-refractivity contribution >= 4 is 28.3 Å². The van der Waals surface area contributed by atoms with Crippen LogP contribution in [-0.4, -0.2) is 46.5 Å². The summed E-state index contributed by atoms with van der Waals surface area (Å²) in [6, 6.07) is 0. The first-order valence-electron chi connectivity index (χ1n) is 11.5. The molecule has 2 saturated carbocycles. The van der Waals surface area contributed by atoms with Crippen molar-refractivity contribution in [3.8, 4) is 0 Å². The molecule has 0 spiro atoms. The molecule has 4 rings (SSSR count). The fourth-order valence-electron chi connectivity index (χ4n) is 5.97. The van der Waals surface area contributed by atoms with Crippen molar-refractivity contribution in [3.05, 3.63) is 23.2 Å². The molecular weight excluding hydrogens is 410 g/mol. The molecule has 6 unspecified atom stereocenters. The third-order valence-corrected chi connectivity index (χ3v) is 8.90. The smallest absolute Gasteiger partial charge is 0.229 e. The van der Waals surface area contributed by atoms with Crippen LogP contribution in [0.2, 0.25) is 0 Å². The Labute approximate surface area is 189 Å². The molecule has 1 aromatic heterocycles. The fourth-order valence-corrected chi connectivity index (χ4v) is 7.23. The number of hydrogen-bond donors (Lipinski definition) is 2. The number of carbonyl (C=O) groups is 2. The number of nitrogens with zero attached hydrogens (tertiary/aromatic N) is 2. The van der Waals surface area contributed by atoms with Crippen molar-refractivity contribution < 1.29 is 14.7 Å². The number of aromatic nitrogens is 1. The van der Waals surface area contributed by atoms with Crippen LogP contribution in [0, 0.1) is 29.1 Å². The molecule has 0 saturated heterocycles. The van der Waals surface area contributed by atoms with E-state index in [2.05, 4.69) is 25.7 Å². The predicted octanol–water partition coefficient (Wildman–Crippen LogP) is 3.83. The summed E-state index contributed by atoms with van der Waals surface area (Å²) >= 11 is 1.59. The summed E-state index contributed by atoms with van der Waals surface area (Å²) in [5.74, 6) is 0.139. The summed E-state index contributed by atoms with van der Waals surface area (Å²) in [4.78, 5) is 32.8. The second-order valence-corrected chi connectivity index (χ2v) is 11.3. The van der Waals surface area contributed by atoms with Gasteiger partial charge in [-0.1, -0.05) is 26.8 Å². The van der Waals surface area contributed by atoms with E-state index in [4.69, 9.17) is 4.98 Å². The number of anilines is 1. The number of hydrogen-bond acceptors (Lipinski definition) is 5. The van der Waals surface area contributed by atoms with Gasteiger partial charge < -0.3 is 15.3 Å². The topological polar surface area (TPSA) is 82.5 Å². The van der Waals surface area contributed by atoms with E-state index < -0.39 is 6.10 Å². The first-order valence-corrected chi connectivity index (χ1v) is 12.3. The van der Waals surface area contributed by atoms with E-state index in [-0.39, 0.29) is 46.8 Å². The molecule has 3 aliphatic rings. The minimum atomic E-state index is -0.552. The van der Waals surface area contributed by atoms with Crippen molar-refractivity contribution in [1.82, 2.24) is 9.88 Å². The maximum atomic E-state index is 12.9. The Morgan fingerprint density at radius 3 is 2.77 bits per heavy atom. The molecular formula is C24H35N3O3S. The lowest BCUT2D eigenvalue weighted by Gasteiger charge is -2.53. The lowest BCUT2D eigenvalue weighted by atomic mass is 9.53. The highest BCUT2D eigenvalue weighted by molar-refractivity contribution is 7.15. The lowest BCUT2D eigenvalue weighted by Crippen LogP contribution is -2.53. The van der Waals surface area contributed by atoms with E-state index in [1.54, 1.807) is 29.4 Å². The number of aliphatic hydroxyl groups excluding tert-OH is 1. The van der Waals surface area contributed by atoms with Gasteiger partial charge in [-0.3, -0.25) is 9.59 Å². The molecule has 2 N–H and O–H groups in total. The molecule has 2 fully saturated rings. The van der Waals surface area contributed by atoms with Gasteiger partial charge in [0.1, 0.15) is 0 Å². The normalized spacial score (nSPS) is 33.1. The number of amides is 2. The van der Waals surface area contributed by atoms with Gasteiger partial charge in [0.15, 0.2) is 5.13 Å². The van der Waals surface area contributed by atoms with Crippen LogP contribution in [0.15, 0.2) is 12.7 Å². The van der Waals surface area contributed by atoms with Crippen LogP contribution in [0.4, 0.5) is 5.13 Å². The van der Waals surface area contributed by atoms with E-state index in [0.29, 0.717) is 11.7 Å². The molecule has 0 bridgehead atoms. The SMILES string of the molecule is C=CCN(C)C(=O)C(C)C1CCC2(C)Cc3sc(NC(=O)C4CC4)nc3C(C)C2C1O. The fraction of sp³-hybridized carbons (Fsp3) is 0.708. The van der Waals surface area contributed by atoms with Gasteiger partial charge in [-0.25, -0.2) is 4.98 Å². The molecule has 2 amide bonds. The molecule has 0 aromatic carbocycles. The third-order valence-electron chi connectivity index (χ3n) is 7.91. The molecule has 0 radical (unpaired) electrons. The van der Waals surface area contributed by atoms with Gasteiger partial charge in [0.2, 0.25) is 11.8 Å². The summed E-state index contributed by atoms with van der Waals surface area (Å²) in [6.07, 6.45) is 5.81. The highest BCUT2D eigenvalue weighted by atomic mass is 32.1. The molecule has 0 aliphatic heterocycles. The van der Waals surface area contributed by atoms with Crippen LogP contribution in [0.25, 0.3) is 0 Å². The zero-order valence-corrected chi connectivity index (χ0v) is 19.9. The van der Waals surface area contributed by atoms with Gasteiger partial charge in [-0.2, -0.15) is 0 Å². The molecule has 3 aliphatic carbocycles. The molecule has 6 nitrogen and oxygen atoms in total. The van der Waals surface area contributed by atoms with Crippen LogP contribution in [-0.2, 0) is 16.0 Å². The highest BCUT2D eigenvalue weighted by Gasteiger charge is 2.54. The van der Waals surface area contributed by atoms with E-state index in [0.717, 1.165) is 37.8 Å². The number of thiazole rings is 1. The highest BCUT2D eigenvalue weighted by Crippen LogP contribution is 2.57. The Bertz CT molecular complexity index is 879. The van der Waals surface area contributed by atoms with E-state index >= 15 is 0 Å². The Hall–Kier alpha value is -1.73. The monoisotopic (exact) mass is 445 g/mol. The van der Waals surface area contributed by atoms with Gasteiger partial charge in [0.05, 0.1) is 11.8 Å². The Morgan fingerprint density at radius 2 is 2.13 bits per heavy atom. The van der Waals surface area contributed by atoms with Gasteiger partial charge in [0.25, 0.3) is 0 Å². The summed E-state index contributed by atoms with van der Waals surface area (Å²) < 4.78 is 0. The second kappa shape index (κ2) is 8.32. The Kier molecular flexibility index (Phi) is 6.03. The first-order chi connectivity index (χ1) is 14.7. The summed E-state index contributed by atoms with van der Waals surface area (Å²) in [6.45, 7) is 10.6. The first kappa shape index (κ1) is 22.5. The van der Waals surface area contributed by atoms with E-state index in [1.165, 1.54) is 4.88 Å². The molecule has 6 atom stereocenters. The van der Waals surface area contributed by atoms with Crippen molar-refractivity contribution in [2.75, 3.05) is 18.9 Å². The lowest BCUT2D eigenvalue weighted by molar-refractivity contribution is -0.143. The number of aliphatic hydroxyl groups is 1. The van der Waals surface area contributed by atoms with Crippen molar-refractivity contribution in [2.24, 2.45) is 29.1 Å². The van der Waals surface area contributed by atoms with Crippen LogP contribution in [0.1, 0.15) is 62.9 Å². The minimum absolute atomic E-state index is 0.0254. The average Bonchev–Trinajstić information content (AvgIpc) is 3.49. The van der Waals surface area contributed by atoms with Gasteiger partial charge in [-0.05, 0) is 49.4 Å². The zero-order chi connectivity index (χ0) is 22.5. The van der Waals surface area contributed by atoms with Crippen molar-refractivity contribution in [2.45, 2.75) is 64.9 Å². The van der Waals surface area contributed by atoms with Crippen LogP contribution >= 0.6 is 11.3 Å². The standard InChI is InChI=1S/C24H35N3O3S/c1-6-11-27(5)22(30)13(2)16-9-10-24(4)12-17-19(14(3)18(24)20(16)28)25-23(31-17)26-21(29)15-7-8-15/h6,13-16,18,20,28H,1,7-12H2,2-5H3,(H,25,26,29). The van der Waals surface area contributed by atoms with Crippen LogP contribution in [0.5, 0.6) is 0 Å². The largest absolute Gasteiger partial charge is 0.392 e. The molecule has 7 heteroatoms. The Balaban J connectivity index is 1.54. The average molecular weight is 446 g/mol. The maximum absolute atomic E-state index is 12.9. The third kappa shape index (κ3) is 4.07. The Morgan fingerprint density at radius 1 is 1.42 bits per heavy atom. The number of likely N-dealkylation sites (N-methyl/N-ethyl adjacent to an activating group) is 1. The quantitative estimate of drug-likeness (QED) is 0.652. The second-order valence-electron chi connectivity index (χ2n) is 10.2. The van der Waals surface area contributed by atoms with Gasteiger partial charge in [-0.15, -0.1) is 17.9 Å².